The number of hydrogen-bond acceptors (Lipinski definition) is 4. The molecule has 3 aromatic rings. The minimum atomic E-state index is -1.12. The lowest BCUT2D eigenvalue weighted by Crippen LogP contribution is -2.40. The monoisotopic (exact) mass is 415 g/mol. The fourth-order valence-corrected chi connectivity index (χ4v) is 4.16. The molecule has 0 atom stereocenters. The summed E-state index contributed by atoms with van der Waals surface area (Å²) in [4.78, 5) is 30.7. The van der Waals surface area contributed by atoms with Crippen molar-refractivity contribution >= 4 is 34.5 Å². The molecule has 29 heavy (non-hydrogen) atoms. The molecule has 0 radical (unpaired) electrons. The van der Waals surface area contributed by atoms with Crippen molar-refractivity contribution in [1.82, 2.24) is 14.5 Å². The molecule has 1 N–H and O–H groups in total. The van der Waals surface area contributed by atoms with Gasteiger partial charge in [-0.25, -0.2) is 9.78 Å². The predicted octanol–water partition coefficient (Wildman–Crippen LogP) is 4.49. The molecule has 8 heteroatoms. The summed E-state index contributed by atoms with van der Waals surface area (Å²) < 4.78 is 7.18. The van der Waals surface area contributed by atoms with Crippen LogP contribution in [0.15, 0.2) is 34.7 Å². The van der Waals surface area contributed by atoms with Crippen LogP contribution >= 0.6 is 11.6 Å². The lowest BCUT2D eigenvalue weighted by Gasteiger charge is -2.34. The number of carboxylic acids is 1. The highest BCUT2D eigenvalue weighted by molar-refractivity contribution is 6.29. The maximum Gasteiger partial charge on any atom is 0.371 e. The Morgan fingerprint density at radius 2 is 2.00 bits per heavy atom. The Bertz CT molecular complexity index is 1070. The van der Waals surface area contributed by atoms with Crippen LogP contribution in [0.4, 0.5) is 0 Å². The van der Waals surface area contributed by atoms with Gasteiger partial charge in [0.25, 0.3) is 5.91 Å². The van der Waals surface area contributed by atoms with Crippen LogP contribution in [0.25, 0.3) is 11.0 Å². The number of carboxylic acid groups (broad SMARTS) is 1. The van der Waals surface area contributed by atoms with Crippen molar-refractivity contribution in [2.75, 3.05) is 0 Å². The SMILES string of the molecule is Cn1c(Cl)nc2cc(C(=O)N(Cc3ccc(C(=O)O)o3)C3CCCCC3)ccc21. The van der Waals surface area contributed by atoms with Crippen LogP contribution in [0.5, 0.6) is 0 Å². The molecule has 1 saturated carbocycles. The molecule has 1 fully saturated rings. The summed E-state index contributed by atoms with van der Waals surface area (Å²) >= 11 is 6.10. The molecule has 1 aliphatic rings. The third-order valence-corrected chi connectivity index (χ3v) is 5.89. The number of hydrogen-bond donors (Lipinski definition) is 1. The molecule has 0 aliphatic heterocycles. The van der Waals surface area contributed by atoms with Crippen molar-refractivity contribution in [3.05, 3.63) is 52.7 Å². The fraction of sp³-hybridized carbons (Fsp3) is 0.381. The zero-order chi connectivity index (χ0) is 20.5. The van der Waals surface area contributed by atoms with Gasteiger partial charge in [0.1, 0.15) is 5.76 Å². The molecule has 2 heterocycles. The standard InChI is InChI=1S/C21H22ClN3O4/c1-24-17-9-7-13(11-16(17)23-21(24)22)19(26)25(14-5-3-2-4-6-14)12-15-8-10-18(29-15)20(27)28/h7-11,14H,2-6,12H2,1H3,(H,27,28). The third-order valence-electron chi connectivity index (χ3n) is 5.55. The molecule has 0 bridgehead atoms. The van der Waals surface area contributed by atoms with Gasteiger partial charge in [0, 0.05) is 18.7 Å². The van der Waals surface area contributed by atoms with Gasteiger partial charge in [0.15, 0.2) is 0 Å². The molecule has 0 unspecified atom stereocenters. The number of imidazole rings is 1. The van der Waals surface area contributed by atoms with Crippen LogP contribution in [0, 0.1) is 0 Å². The molecule has 152 valence electrons. The average Bonchev–Trinajstić information content (AvgIpc) is 3.31. The second kappa shape index (κ2) is 7.91. The Morgan fingerprint density at radius 1 is 1.24 bits per heavy atom. The number of amides is 1. The molecule has 7 nitrogen and oxygen atoms in total. The molecule has 0 spiro atoms. The molecular weight excluding hydrogens is 394 g/mol. The second-order valence-electron chi connectivity index (χ2n) is 7.44. The Morgan fingerprint density at radius 3 is 2.69 bits per heavy atom. The van der Waals surface area contributed by atoms with Gasteiger partial charge in [0.05, 0.1) is 17.6 Å². The van der Waals surface area contributed by atoms with Gasteiger partial charge in [-0.1, -0.05) is 19.3 Å². The van der Waals surface area contributed by atoms with E-state index in [2.05, 4.69) is 4.98 Å². The van der Waals surface area contributed by atoms with Crippen LogP contribution in [0.3, 0.4) is 0 Å². The smallest absolute Gasteiger partial charge is 0.371 e. The zero-order valence-corrected chi connectivity index (χ0v) is 16.9. The van der Waals surface area contributed by atoms with Gasteiger partial charge in [0.2, 0.25) is 11.0 Å². The summed E-state index contributed by atoms with van der Waals surface area (Å²) in [5.41, 5.74) is 2.05. The van der Waals surface area contributed by atoms with E-state index in [-0.39, 0.29) is 24.3 Å². The normalized spacial score (nSPS) is 15.0. The summed E-state index contributed by atoms with van der Waals surface area (Å²) in [6, 6.07) is 8.51. The molecular formula is C21H22ClN3O4. The third kappa shape index (κ3) is 3.87. The van der Waals surface area contributed by atoms with Gasteiger partial charge in [-0.15, -0.1) is 0 Å². The number of benzene rings is 1. The lowest BCUT2D eigenvalue weighted by atomic mass is 9.93. The Balaban J connectivity index is 1.65. The fourth-order valence-electron chi connectivity index (χ4n) is 3.97. The summed E-state index contributed by atoms with van der Waals surface area (Å²) in [5.74, 6) is -0.901. The minimum Gasteiger partial charge on any atom is -0.475 e. The van der Waals surface area contributed by atoms with Crippen molar-refractivity contribution in [2.24, 2.45) is 7.05 Å². The average molecular weight is 416 g/mol. The van der Waals surface area contributed by atoms with Crippen LogP contribution in [-0.4, -0.2) is 37.5 Å². The number of nitrogens with zero attached hydrogens (tertiary/aromatic N) is 3. The van der Waals surface area contributed by atoms with Gasteiger partial charge < -0.3 is 19.0 Å². The van der Waals surface area contributed by atoms with Gasteiger partial charge in [-0.3, -0.25) is 4.79 Å². The highest BCUT2D eigenvalue weighted by Gasteiger charge is 2.28. The first-order valence-corrected chi connectivity index (χ1v) is 10.1. The zero-order valence-electron chi connectivity index (χ0n) is 16.1. The quantitative estimate of drug-likeness (QED) is 0.663. The Hall–Kier alpha value is -2.80. The van der Waals surface area contributed by atoms with Crippen LogP contribution in [-0.2, 0) is 13.6 Å². The van der Waals surface area contributed by atoms with Crippen LogP contribution in [0.1, 0.15) is 58.8 Å². The van der Waals surface area contributed by atoms with E-state index in [4.69, 9.17) is 21.1 Å². The number of aryl methyl sites for hydroxylation is 1. The number of carbonyl (C=O) groups is 2. The van der Waals surface area contributed by atoms with Gasteiger partial charge >= 0.3 is 5.97 Å². The highest BCUT2D eigenvalue weighted by atomic mass is 35.5. The summed E-state index contributed by atoms with van der Waals surface area (Å²) in [6.07, 6.45) is 5.16. The molecule has 1 aliphatic carbocycles. The largest absolute Gasteiger partial charge is 0.475 e. The Kier molecular flexibility index (Phi) is 5.32. The first kappa shape index (κ1) is 19.5. The molecule has 2 aromatic heterocycles. The minimum absolute atomic E-state index is 0.0950. The number of rotatable bonds is 5. The van der Waals surface area contributed by atoms with Crippen molar-refractivity contribution in [3.8, 4) is 0 Å². The lowest BCUT2D eigenvalue weighted by molar-refractivity contribution is 0.0590. The van der Waals surface area contributed by atoms with E-state index in [9.17, 15) is 9.59 Å². The molecule has 1 amide bonds. The van der Waals surface area contributed by atoms with Gasteiger partial charge in [-0.05, 0) is 54.8 Å². The maximum absolute atomic E-state index is 13.4. The molecule has 0 saturated heterocycles. The van der Waals surface area contributed by atoms with Crippen molar-refractivity contribution in [1.29, 1.82) is 0 Å². The van der Waals surface area contributed by atoms with E-state index in [0.29, 0.717) is 22.1 Å². The van der Waals surface area contributed by atoms with Crippen LogP contribution < -0.4 is 0 Å². The first-order valence-electron chi connectivity index (χ1n) is 9.69. The highest BCUT2D eigenvalue weighted by Crippen LogP contribution is 2.27. The van der Waals surface area contributed by atoms with Crippen molar-refractivity contribution in [3.63, 3.8) is 0 Å². The van der Waals surface area contributed by atoms with E-state index >= 15 is 0 Å². The second-order valence-corrected chi connectivity index (χ2v) is 7.78. The van der Waals surface area contributed by atoms with E-state index in [1.165, 1.54) is 12.5 Å². The van der Waals surface area contributed by atoms with E-state index in [0.717, 1.165) is 31.2 Å². The number of aromatic nitrogens is 2. The number of carbonyl (C=O) groups excluding carboxylic acids is 1. The predicted molar refractivity (Wildman–Crippen MR) is 108 cm³/mol. The van der Waals surface area contributed by atoms with Crippen molar-refractivity contribution in [2.45, 2.75) is 44.7 Å². The number of fused-ring (bicyclic) bond motifs is 1. The summed E-state index contributed by atoms with van der Waals surface area (Å²) in [7, 11) is 1.82. The van der Waals surface area contributed by atoms with E-state index in [1.54, 1.807) is 27.7 Å². The first-order chi connectivity index (χ1) is 13.9. The number of aromatic carboxylic acids is 1. The molecule has 1 aromatic carbocycles. The maximum atomic E-state index is 13.4. The summed E-state index contributed by atoms with van der Waals surface area (Å²) in [5, 5.41) is 9.47. The number of halogens is 1. The topological polar surface area (TPSA) is 88.6 Å². The number of furan rings is 1. The summed E-state index contributed by atoms with van der Waals surface area (Å²) in [6.45, 7) is 0.234. The Labute approximate surface area is 172 Å². The van der Waals surface area contributed by atoms with Gasteiger partial charge in [-0.2, -0.15) is 0 Å². The van der Waals surface area contributed by atoms with E-state index < -0.39 is 5.97 Å². The molecule has 4 rings (SSSR count). The van der Waals surface area contributed by atoms with Crippen molar-refractivity contribution < 1.29 is 19.1 Å². The van der Waals surface area contributed by atoms with Crippen LogP contribution in [0.2, 0.25) is 5.28 Å². The van der Waals surface area contributed by atoms with E-state index in [1.807, 2.05) is 13.1 Å².